The number of anilines is 1. The Balaban J connectivity index is 1.62. The van der Waals surface area contributed by atoms with Gasteiger partial charge in [-0.25, -0.2) is 0 Å². The lowest BCUT2D eigenvalue weighted by molar-refractivity contribution is -0.116. The van der Waals surface area contributed by atoms with Gasteiger partial charge in [0.05, 0.1) is 0 Å². The van der Waals surface area contributed by atoms with Crippen molar-refractivity contribution >= 4 is 39.1 Å². The summed E-state index contributed by atoms with van der Waals surface area (Å²) in [4.78, 5) is 26.0. The van der Waals surface area contributed by atoms with E-state index in [0.29, 0.717) is 17.8 Å². The Kier molecular flexibility index (Phi) is 4.30. The molecule has 116 valence electrons. The number of amides is 2. The number of rotatable bonds is 4. The van der Waals surface area contributed by atoms with Crippen molar-refractivity contribution in [2.45, 2.75) is 6.42 Å². The number of hydrogen-bond donors (Lipinski definition) is 1. The highest BCUT2D eigenvalue weighted by Crippen LogP contribution is 2.31. The van der Waals surface area contributed by atoms with Gasteiger partial charge in [0.15, 0.2) is 0 Å². The average Bonchev–Trinajstić information content (AvgIpc) is 2.77. The molecule has 0 spiro atoms. The van der Waals surface area contributed by atoms with Crippen LogP contribution >= 0.6 is 15.9 Å². The molecule has 0 atom stereocenters. The number of carbonyl (C=O) groups excluding carboxylic acids is 2. The Morgan fingerprint density at radius 3 is 2.57 bits per heavy atom. The van der Waals surface area contributed by atoms with E-state index < -0.39 is 0 Å². The van der Waals surface area contributed by atoms with E-state index in [1.54, 1.807) is 11.0 Å². The lowest BCUT2D eigenvalue weighted by Gasteiger charge is -2.17. The highest BCUT2D eigenvalue weighted by molar-refractivity contribution is 9.10. The van der Waals surface area contributed by atoms with Crippen LogP contribution in [-0.4, -0.2) is 23.3 Å². The predicted octanol–water partition coefficient (Wildman–Crippen LogP) is 3.90. The van der Waals surface area contributed by atoms with E-state index in [2.05, 4.69) is 27.8 Å². The summed E-state index contributed by atoms with van der Waals surface area (Å²) in [7, 11) is 0. The van der Waals surface area contributed by atoms with Gasteiger partial charge >= 0.3 is 0 Å². The van der Waals surface area contributed by atoms with E-state index in [4.69, 9.17) is 0 Å². The van der Waals surface area contributed by atoms with Crippen LogP contribution in [0.1, 0.15) is 22.3 Å². The Morgan fingerprint density at radius 2 is 1.87 bits per heavy atom. The van der Waals surface area contributed by atoms with E-state index in [1.165, 1.54) is 0 Å². The molecule has 1 N–H and O–H groups in total. The Bertz CT molecular complexity index is 766. The smallest absolute Gasteiger partial charge is 0.258 e. The monoisotopic (exact) mass is 370 g/mol. The van der Waals surface area contributed by atoms with Crippen molar-refractivity contribution in [1.82, 2.24) is 4.90 Å². The number of halogens is 1. The number of benzene rings is 2. The SMILES string of the molecule is C=C1c2ccccc2C(=O)N1CCC(=O)Nc1cccc(Br)c1. The first-order valence-electron chi connectivity index (χ1n) is 7.22. The molecule has 2 amide bonds. The van der Waals surface area contributed by atoms with Gasteiger partial charge in [-0.3, -0.25) is 9.59 Å². The summed E-state index contributed by atoms with van der Waals surface area (Å²) in [5.41, 5.74) is 2.86. The second kappa shape index (κ2) is 6.38. The molecule has 0 radical (unpaired) electrons. The van der Waals surface area contributed by atoms with Crippen LogP contribution in [0.4, 0.5) is 5.69 Å². The summed E-state index contributed by atoms with van der Waals surface area (Å²) < 4.78 is 0.897. The van der Waals surface area contributed by atoms with E-state index in [0.717, 1.165) is 15.7 Å². The second-order valence-electron chi connectivity index (χ2n) is 5.26. The fourth-order valence-corrected chi connectivity index (χ4v) is 2.97. The zero-order valence-corrected chi connectivity index (χ0v) is 14.0. The first-order chi connectivity index (χ1) is 11.1. The largest absolute Gasteiger partial charge is 0.326 e. The molecule has 0 fully saturated rings. The van der Waals surface area contributed by atoms with E-state index >= 15 is 0 Å². The van der Waals surface area contributed by atoms with Gasteiger partial charge in [0, 0.05) is 39.9 Å². The molecule has 5 heteroatoms. The number of hydrogen-bond acceptors (Lipinski definition) is 2. The summed E-state index contributed by atoms with van der Waals surface area (Å²) in [6.45, 7) is 4.28. The van der Waals surface area contributed by atoms with Crippen molar-refractivity contribution in [3.63, 3.8) is 0 Å². The normalized spacial score (nSPS) is 13.2. The maximum Gasteiger partial charge on any atom is 0.258 e. The third-order valence-electron chi connectivity index (χ3n) is 3.71. The van der Waals surface area contributed by atoms with Gasteiger partial charge in [0.1, 0.15) is 0 Å². The predicted molar refractivity (Wildman–Crippen MR) is 93.9 cm³/mol. The van der Waals surface area contributed by atoms with Crippen LogP contribution in [0.3, 0.4) is 0 Å². The van der Waals surface area contributed by atoms with Crippen LogP contribution < -0.4 is 5.32 Å². The van der Waals surface area contributed by atoms with Gasteiger partial charge < -0.3 is 10.2 Å². The van der Waals surface area contributed by atoms with Crippen LogP contribution in [0, 0.1) is 0 Å². The first kappa shape index (κ1) is 15.5. The van der Waals surface area contributed by atoms with Crippen molar-refractivity contribution < 1.29 is 9.59 Å². The molecule has 0 saturated heterocycles. The van der Waals surface area contributed by atoms with Gasteiger partial charge in [-0.1, -0.05) is 46.8 Å². The summed E-state index contributed by atoms with van der Waals surface area (Å²) in [6.07, 6.45) is 0.214. The molecule has 2 aromatic carbocycles. The van der Waals surface area contributed by atoms with Gasteiger partial charge in [-0.05, 0) is 24.3 Å². The standard InChI is InChI=1S/C18H15BrN2O2/c1-12-15-7-2-3-8-16(15)18(23)21(12)10-9-17(22)20-14-6-4-5-13(19)11-14/h2-8,11H,1,9-10H2,(H,20,22). The van der Waals surface area contributed by atoms with Crippen LogP contribution in [0.15, 0.2) is 59.6 Å². The highest BCUT2D eigenvalue weighted by atomic mass is 79.9. The van der Waals surface area contributed by atoms with Crippen LogP contribution in [0.25, 0.3) is 5.70 Å². The average molecular weight is 371 g/mol. The van der Waals surface area contributed by atoms with Crippen LogP contribution in [-0.2, 0) is 4.79 Å². The number of nitrogens with one attached hydrogen (secondary N) is 1. The van der Waals surface area contributed by atoms with Gasteiger partial charge in [0.2, 0.25) is 5.91 Å². The number of nitrogens with zero attached hydrogens (tertiary/aromatic N) is 1. The number of fused-ring (bicyclic) bond motifs is 1. The van der Waals surface area contributed by atoms with Crippen LogP contribution in [0.5, 0.6) is 0 Å². The molecule has 0 aromatic heterocycles. The molecule has 0 saturated carbocycles. The minimum absolute atomic E-state index is 0.0964. The van der Waals surface area contributed by atoms with Crippen molar-refractivity contribution in [3.05, 3.63) is 70.7 Å². The van der Waals surface area contributed by atoms with Crippen molar-refractivity contribution in [2.75, 3.05) is 11.9 Å². The molecule has 4 nitrogen and oxygen atoms in total. The maximum absolute atomic E-state index is 12.3. The summed E-state index contributed by atoms with van der Waals surface area (Å²) in [5.74, 6) is -0.236. The van der Waals surface area contributed by atoms with Gasteiger partial charge in [-0.15, -0.1) is 0 Å². The molecular formula is C18H15BrN2O2. The molecule has 1 aliphatic heterocycles. The van der Waals surface area contributed by atoms with Crippen LogP contribution in [0.2, 0.25) is 0 Å². The quantitative estimate of drug-likeness (QED) is 0.886. The minimum atomic E-state index is -0.139. The molecule has 0 aliphatic carbocycles. The molecule has 0 bridgehead atoms. The summed E-state index contributed by atoms with van der Waals surface area (Å²) in [6, 6.07) is 14.7. The molecule has 1 heterocycles. The molecule has 1 aliphatic rings. The third kappa shape index (κ3) is 3.19. The Hall–Kier alpha value is -2.40. The molecule has 3 rings (SSSR count). The summed E-state index contributed by atoms with van der Waals surface area (Å²) >= 11 is 3.36. The highest BCUT2D eigenvalue weighted by Gasteiger charge is 2.30. The van der Waals surface area contributed by atoms with E-state index in [-0.39, 0.29) is 18.2 Å². The fraction of sp³-hybridized carbons (Fsp3) is 0.111. The molecule has 0 unspecified atom stereocenters. The lowest BCUT2D eigenvalue weighted by Crippen LogP contribution is -2.27. The molecule has 23 heavy (non-hydrogen) atoms. The fourth-order valence-electron chi connectivity index (χ4n) is 2.57. The van der Waals surface area contributed by atoms with Crippen molar-refractivity contribution in [1.29, 1.82) is 0 Å². The molecule has 2 aromatic rings. The zero-order chi connectivity index (χ0) is 16.4. The topological polar surface area (TPSA) is 49.4 Å². The van der Waals surface area contributed by atoms with Gasteiger partial charge in [0.25, 0.3) is 5.91 Å². The molecular weight excluding hydrogens is 356 g/mol. The maximum atomic E-state index is 12.3. The third-order valence-corrected chi connectivity index (χ3v) is 4.20. The van der Waals surface area contributed by atoms with E-state index in [1.807, 2.05) is 42.5 Å². The van der Waals surface area contributed by atoms with E-state index in [9.17, 15) is 9.59 Å². The van der Waals surface area contributed by atoms with Gasteiger partial charge in [-0.2, -0.15) is 0 Å². The first-order valence-corrected chi connectivity index (χ1v) is 8.01. The zero-order valence-electron chi connectivity index (χ0n) is 12.4. The second-order valence-corrected chi connectivity index (χ2v) is 6.17. The Morgan fingerprint density at radius 1 is 1.13 bits per heavy atom. The Labute approximate surface area is 142 Å². The van der Waals surface area contributed by atoms with Crippen molar-refractivity contribution in [3.8, 4) is 0 Å². The minimum Gasteiger partial charge on any atom is -0.326 e. The lowest BCUT2D eigenvalue weighted by atomic mass is 10.1. The number of carbonyl (C=O) groups is 2. The summed E-state index contributed by atoms with van der Waals surface area (Å²) in [5, 5.41) is 2.82. The van der Waals surface area contributed by atoms with Crippen molar-refractivity contribution in [2.24, 2.45) is 0 Å².